The van der Waals surface area contributed by atoms with Crippen molar-refractivity contribution >= 4 is 17.4 Å². The van der Waals surface area contributed by atoms with Gasteiger partial charge in [-0.1, -0.05) is 11.6 Å². The molecule has 4 nitrogen and oxygen atoms in total. The van der Waals surface area contributed by atoms with Crippen LogP contribution in [0.4, 0.5) is 5.82 Å². The number of anilines is 1. The molecule has 0 amide bonds. The van der Waals surface area contributed by atoms with E-state index in [4.69, 9.17) is 11.6 Å². The molecule has 16 heavy (non-hydrogen) atoms. The van der Waals surface area contributed by atoms with Crippen LogP contribution >= 0.6 is 11.6 Å². The fraction of sp³-hybridized carbons (Fsp3) is 0.182. The maximum absolute atomic E-state index is 6.03. The van der Waals surface area contributed by atoms with Crippen molar-refractivity contribution in [3.63, 3.8) is 0 Å². The highest BCUT2D eigenvalue weighted by atomic mass is 35.5. The first kappa shape index (κ1) is 10.8. The lowest BCUT2D eigenvalue weighted by Gasteiger charge is -2.04. The van der Waals surface area contributed by atoms with Gasteiger partial charge >= 0.3 is 0 Å². The molecule has 82 valence electrons. The molecule has 0 radical (unpaired) electrons. The summed E-state index contributed by atoms with van der Waals surface area (Å²) in [5, 5.41) is 3.67. The van der Waals surface area contributed by atoms with Crippen LogP contribution in [0.2, 0.25) is 5.02 Å². The molecule has 1 N–H and O–H groups in total. The van der Waals surface area contributed by atoms with Gasteiger partial charge in [-0.3, -0.25) is 4.98 Å². The van der Waals surface area contributed by atoms with Gasteiger partial charge in [0, 0.05) is 18.9 Å². The van der Waals surface area contributed by atoms with E-state index in [-0.39, 0.29) is 0 Å². The van der Waals surface area contributed by atoms with Crippen LogP contribution in [0.3, 0.4) is 0 Å². The molecule has 2 rings (SSSR count). The zero-order valence-corrected chi connectivity index (χ0v) is 9.57. The predicted octanol–water partition coefficient (Wildman–Crippen LogP) is 2.62. The zero-order valence-electron chi connectivity index (χ0n) is 8.81. The van der Waals surface area contributed by atoms with Crippen molar-refractivity contribution in [3.05, 3.63) is 35.6 Å². The number of hydrogen-bond donors (Lipinski definition) is 1. The van der Waals surface area contributed by atoms with Crippen molar-refractivity contribution in [2.24, 2.45) is 0 Å². The quantitative estimate of drug-likeness (QED) is 0.887. The Morgan fingerprint density at radius 2 is 2.12 bits per heavy atom. The molecule has 2 aromatic rings. The molecule has 2 heterocycles. The van der Waals surface area contributed by atoms with Crippen LogP contribution in [0.25, 0.3) is 11.5 Å². The summed E-state index contributed by atoms with van der Waals surface area (Å²) in [6.07, 6.45) is 3.36. The molecule has 0 aliphatic heterocycles. The lowest BCUT2D eigenvalue weighted by Crippen LogP contribution is -2.01. The van der Waals surface area contributed by atoms with E-state index in [2.05, 4.69) is 20.3 Å². The third-order valence-electron chi connectivity index (χ3n) is 1.98. The van der Waals surface area contributed by atoms with Gasteiger partial charge in [-0.05, 0) is 25.1 Å². The molecule has 5 heteroatoms. The molecule has 0 aliphatic carbocycles. The van der Waals surface area contributed by atoms with Crippen LogP contribution in [-0.4, -0.2) is 21.5 Å². The fourth-order valence-corrected chi connectivity index (χ4v) is 1.51. The minimum atomic E-state index is 0.532. The summed E-state index contributed by atoms with van der Waals surface area (Å²) in [4.78, 5) is 12.6. The molecule has 0 aromatic carbocycles. The van der Waals surface area contributed by atoms with Gasteiger partial charge in [0.15, 0.2) is 5.82 Å². The number of rotatable bonds is 3. The Hall–Kier alpha value is -1.68. The highest BCUT2D eigenvalue weighted by Gasteiger charge is 2.07. The van der Waals surface area contributed by atoms with Gasteiger partial charge in [0.05, 0.1) is 5.02 Å². The van der Waals surface area contributed by atoms with Gasteiger partial charge in [-0.25, -0.2) is 9.97 Å². The van der Waals surface area contributed by atoms with Crippen LogP contribution in [0.5, 0.6) is 0 Å². The highest BCUT2D eigenvalue weighted by molar-refractivity contribution is 6.32. The minimum absolute atomic E-state index is 0.532. The molecule has 0 aliphatic rings. The molecule has 2 aromatic heterocycles. The van der Waals surface area contributed by atoms with Gasteiger partial charge in [0.1, 0.15) is 11.5 Å². The van der Waals surface area contributed by atoms with Gasteiger partial charge in [0.25, 0.3) is 0 Å². The summed E-state index contributed by atoms with van der Waals surface area (Å²) in [5.74, 6) is 1.30. The zero-order chi connectivity index (χ0) is 11.4. The van der Waals surface area contributed by atoms with E-state index in [9.17, 15) is 0 Å². The lowest BCUT2D eigenvalue weighted by atomic mass is 10.3. The van der Waals surface area contributed by atoms with Crippen molar-refractivity contribution < 1.29 is 0 Å². The number of halogens is 1. The number of hydrogen-bond acceptors (Lipinski definition) is 4. The van der Waals surface area contributed by atoms with Gasteiger partial charge in [0.2, 0.25) is 0 Å². The Bertz CT molecular complexity index is 487. The average Bonchev–Trinajstić information content (AvgIpc) is 2.30. The molecule has 0 spiro atoms. The second kappa shape index (κ2) is 4.90. The van der Waals surface area contributed by atoms with Crippen molar-refractivity contribution in [2.75, 3.05) is 11.9 Å². The standard InChI is InChI=1S/C11H11ClN4/c1-2-13-9-5-7-15-11(16-9)10-8(12)4-3-6-14-10/h3-7H,2H2,1H3,(H,13,15,16). The summed E-state index contributed by atoms with van der Waals surface area (Å²) in [7, 11) is 0. The van der Waals surface area contributed by atoms with Crippen LogP contribution in [0, 0.1) is 0 Å². The molecule has 0 saturated heterocycles. The molecule has 0 saturated carbocycles. The molecular weight excluding hydrogens is 224 g/mol. The van der Waals surface area contributed by atoms with E-state index in [0.29, 0.717) is 16.5 Å². The Labute approximate surface area is 98.7 Å². The third kappa shape index (κ3) is 2.28. The van der Waals surface area contributed by atoms with Crippen LogP contribution in [0.15, 0.2) is 30.6 Å². The highest BCUT2D eigenvalue weighted by Crippen LogP contribution is 2.22. The second-order valence-corrected chi connectivity index (χ2v) is 3.54. The molecular formula is C11H11ClN4. The maximum atomic E-state index is 6.03. The minimum Gasteiger partial charge on any atom is -0.370 e. The van der Waals surface area contributed by atoms with Crippen LogP contribution in [0.1, 0.15) is 6.92 Å². The van der Waals surface area contributed by atoms with Crippen molar-refractivity contribution in [1.82, 2.24) is 15.0 Å². The Morgan fingerprint density at radius 3 is 2.88 bits per heavy atom. The number of nitrogens with zero attached hydrogens (tertiary/aromatic N) is 3. The molecule has 0 atom stereocenters. The summed E-state index contributed by atoms with van der Waals surface area (Å²) in [6, 6.07) is 5.36. The van der Waals surface area contributed by atoms with E-state index in [1.165, 1.54) is 0 Å². The topological polar surface area (TPSA) is 50.7 Å². The normalized spacial score (nSPS) is 10.1. The van der Waals surface area contributed by atoms with Crippen LogP contribution in [-0.2, 0) is 0 Å². The summed E-state index contributed by atoms with van der Waals surface area (Å²) in [6.45, 7) is 2.82. The van der Waals surface area contributed by atoms with Gasteiger partial charge in [-0.15, -0.1) is 0 Å². The van der Waals surface area contributed by atoms with Crippen molar-refractivity contribution in [3.8, 4) is 11.5 Å². The van der Waals surface area contributed by atoms with Crippen LogP contribution < -0.4 is 5.32 Å². The Morgan fingerprint density at radius 1 is 1.25 bits per heavy atom. The van der Waals surface area contributed by atoms with E-state index >= 15 is 0 Å². The molecule has 0 bridgehead atoms. The summed E-state index contributed by atoms with van der Waals surface area (Å²) in [5.41, 5.74) is 0.601. The first-order chi connectivity index (χ1) is 7.81. The van der Waals surface area contributed by atoms with E-state index in [1.807, 2.05) is 13.0 Å². The lowest BCUT2D eigenvalue weighted by molar-refractivity contribution is 1.10. The second-order valence-electron chi connectivity index (χ2n) is 3.13. The number of aromatic nitrogens is 3. The van der Waals surface area contributed by atoms with Gasteiger partial charge in [-0.2, -0.15) is 0 Å². The third-order valence-corrected chi connectivity index (χ3v) is 2.29. The fourth-order valence-electron chi connectivity index (χ4n) is 1.30. The monoisotopic (exact) mass is 234 g/mol. The average molecular weight is 235 g/mol. The predicted molar refractivity (Wildman–Crippen MR) is 64.4 cm³/mol. The Balaban J connectivity index is 2.40. The Kier molecular flexibility index (Phi) is 3.31. The first-order valence-electron chi connectivity index (χ1n) is 4.99. The molecule has 0 fully saturated rings. The van der Waals surface area contributed by atoms with E-state index in [1.54, 1.807) is 24.5 Å². The summed E-state index contributed by atoms with van der Waals surface area (Å²) >= 11 is 6.03. The van der Waals surface area contributed by atoms with Crippen molar-refractivity contribution in [1.29, 1.82) is 0 Å². The molecule has 0 unspecified atom stereocenters. The smallest absolute Gasteiger partial charge is 0.181 e. The first-order valence-corrected chi connectivity index (χ1v) is 5.37. The maximum Gasteiger partial charge on any atom is 0.181 e. The van der Waals surface area contributed by atoms with Crippen molar-refractivity contribution in [2.45, 2.75) is 6.92 Å². The van der Waals surface area contributed by atoms with E-state index in [0.717, 1.165) is 12.4 Å². The summed E-state index contributed by atoms with van der Waals surface area (Å²) < 4.78 is 0. The number of nitrogens with one attached hydrogen (secondary N) is 1. The van der Waals surface area contributed by atoms with E-state index < -0.39 is 0 Å². The number of pyridine rings is 1. The van der Waals surface area contributed by atoms with Gasteiger partial charge < -0.3 is 5.32 Å². The SMILES string of the molecule is CCNc1ccnc(-c2ncccc2Cl)n1. The largest absolute Gasteiger partial charge is 0.370 e.